The Balaban J connectivity index is 1.46. The van der Waals surface area contributed by atoms with Gasteiger partial charge in [0.05, 0.1) is 6.10 Å². The molecule has 1 aliphatic heterocycles. The Labute approximate surface area is 149 Å². The van der Waals surface area contributed by atoms with Gasteiger partial charge in [-0.3, -0.25) is 4.90 Å². The average molecular weight is 339 g/mol. The van der Waals surface area contributed by atoms with Crippen LogP contribution in [0, 0.1) is 11.7 Å². The maximum Gasteiger partial charge on any atom is 0.123 e. The summed E-state index contributed by atoms with van der Waals surface area (Å²) in [5.41, 5.74) is 2.53. The lowest BCUT2D eigenvalue weighted by Gasteiger charge is -2.28. The van der Waals surface area contributed by atoms with Crippen molar-refractivity contribution >= 4 is 0 Å². The van der Waals surface area contributed by atoms with Crippen LogP contribution in [0.25, 0.3) is 0 Å². The average Bonchev–Trinajstić information content (AvgIpc) is 3.40. The largest absolute Gasteiger partial charge is 0.376 e. The fourth-order valence-corrected chi connectivity index (χ4v) is 3.76. The summed E-state index contributed by atoms with van der Waals surface area (Å²) >= 11 is 0. The smallest absolute Gasteiger partial charge is 0.123 e. The third kappa shape index (κ3) is 4.47. The maximum absolute atomic E-state index is 13.2. The van der Waals surface area contributed by atoms with Crippen LogP contribution in [0.15, 0.2) is 54.6 Å². The van der Waals surface area contributed by atoms with E-state index in [0.29, 0.717) is 12.1 Å². The first kappa shape index (κ1) is 16.7. The molecule has 1 heterocycles. The van der Waals surface area contributed by atoms with Crippen LogP contribution >= 0.6 is 0 Å². The summed E-state index contributed by atoms with van der Waals surface area (Å²) in [4.78, 5) is 2.51. The van der Waals surface area contributed by atoms with Gasteiger partial charge in [0, 0.05) is 25.7 Å². The van der Waals surface area contributed by atoms with Crippen molar-refractivity contribution in [3.63, 3.8) is 0 Å². The predicted octanol–water partition coefficient (Wildman–Crippen LogP) is 4.44. The van der Waals surface area contributed by atoms with Crippen molar-refractivity contribution in [2.75, 3.05) is 13.2 Å². The lowest BCUT2D eigenvalue weighted by atomic mass is 10.0. The Morgan fingerprint density at radius 2 is 1.68 bits per heavy atom. The molecule has 1 aliphatic carbocycles. The van der Waals surface area contributed by atoms with Crippen molar-refractivity contribution in [1.82, 2.24) is 4.90 Å². The highest BCUT2D eigenvalue weighted by molar-refractivity contribution is 5.19. The zero-order valence-corrected chi connectivity index (χ0v) is 14.6. The second-order valence-corrected chi connectivity index (χ2v) is 7.46. The molecule has 0 spiro atoms. The normalized spacial score (nSPS) is 23.9. The van der Waals surface area contributed by atoms with Gasteiger partial charge in [0.15, 0.2) is 0 Å². The van der Waals surface area contributed by atoms with Gasteiger partial charge >= 0.3 is 0 Å². The van der Waals surface area contributed by atoms with Crippen LogP contribution in [0.2, 0.25) is 0 Å². The van der Waals surface area contributed by atoms with E-state index in [1.807, 2.05) is 12.1 Å². The lowest BCUT2D eigenvalue weighted by Crippen LogP contribution is -2.38. The number of nitrogens with zero attached hydrogens (tertiary/aromatic N) is 1. The first-order valence-electron chi connectivity index (χ1n) is 9.42. The fraction of sp³-hybridized carbons (Fsp3) is 0.455. The highest BCUT2D eigenvalue weighted by Crippen LogP contribution is 2.32. The van der Waals surface area contributed by atoms with Crippen LogP contribution in [0.3, 0.4) is 0 Å². The summed E-state index contributed by atoms with van der Waals surface area (Å²) in [6.07, 6.45) is 5.06. The second kappa shape index (κ2) is 7.67. The van der Waals surface area contributed by atoms with E-state index in [2.05, 4.69) is 35.2 Å². The zero-order chi connectivity index (χ0) is 17.1. The summed E-state index contributed by atoms with van der Waals surface area (Å²) in [6, 6.07) is 18.0. The van der Waals surface area contributed by atoms with Gasteiger partial charge in [0.1, 0.15) is 5.82 Å². The van der Waals surface area contributed by atoms with E-state index in [1.54, 1.807) is 12.1 Å². The fourth-order valence-electron chi connectivity index (χ4n) is 3.76. The molecule has 1 saturated heterocycles. The Kier molecular flexibility index (Phi) is 5.14. The summed E-state index contributed by atoms with van der Waals surface area (Å²) in [6.45, 7) is 2.83. The monoisotopic (exact) mass is 339 g/mol. The number of hydrogen-bond acceptors (Lipinski definition) is 2. The van der Waals surface area contributed by atoms with Gasteiger partial charge in [0.2, 0.25) is 0 Å². The van der Waals surface area contributed by atoms with Crippen molar-refractivity contribution in [3.8, 4) is 0 Å². The molecule has 4 rings (SSSR count). The molecule has 0 bridgehead atoms. The molecule has 2 nitrogen and oxygen atoms in total. The summed E-state index contributed by atoms with van der Waals surface area (Å²) in [5.74, 6) is 0.625. The van der Waals surface area contributed by atoms with E-state index >= 15 is 0 Å². The van der Waals surface area contributed by atoms with Crippen molar-refractivity contribution in [2.45, 2.75) is 44.4 Å². The van der Waals surface area contributed by atoms with E-state index in [-0.39, 0.29) is 5.82 Å². The van der Waals surface area contributed by atoms with Gasteiger partial charge in [-0.15, -0.1) is 0 Å². The van der Waals surface area contributed by atoms with Gasteiger partial charge in [0.25, 0.3) is 0 Å². The number of halogens is 1. The zero-order valence-electron chi connectivity index (χ0n) is 14.6. The number of hydrogen-bond donors (Lipinski definition) is 0. The predicted molar refractivity (Wildman–Crippen MR) is 97.8 cm³/mol. The molecule has 2 aromatic rings. The van der Waals surface area contributed by atoms with Gasteiger partial charge < -0.3 is 4.74 Å². The third-order valence-electron chi connectivity index (χ3n) is 5.43. The number of rotatable bonds is 7. The Morgan fingerprint density at radius 1 is 0.920 bits per heavy atom. The molecule has 2 aromatic carbocycles. The molecule has 0 amide bonds. The minimum absolute atomic E-state index is 0.170. The molecule has 3 heteroatoms. The number of benzene rings is 2. The molecule has 2 fully saturated rings. The molecule has 1 saturated carbocycles. The molecule has 25 heavy (non-hydrogen) atoms. The number of ether oxygens (including phenoxy) is 1. The highest BCUT2D eigenvalue weighted by atomic mass is 19.1. The third-order valence-corrected chi connectivity index (χ3v) is 5.43. The number of likely N-dealkylation sites (tertiary alicyclic amines) is 1. The van der Waals surface area contributed by atoms with Crippen molar-refractivity contribution < 1.29 is 9.13 Å². The van der Waals surface area contributed by atoms with Crippen LogP contribution in [-0.2, 0) is 17.7 Å². The molecular formula is C22H26FNO. The molecule has 2 aliphatic rings. The molecule has 132 valence electrons. The molecular weight excluding hydrogens is 313 g/mol. The summed E-state index contributed by atoms with van der Waals surface area (Å²) in [7, 11) is 0. The Morgan fingerprint density at radius 3 is 2.40 bits per heavy atom. The second-order valence-electron chi connectivity index (χ2n) is 7.46. The van der Waals surface area contributed by atoms with E-state index < -0.39 is 0 Å². The minimum atomic E-state index is -0.170. The minimum Gasteiger partial charge on any atom is -0.376 e. The van der Waals surface area contributed by atoms with E-state index in [1.165, 1.54) is 24.0 Å². The molecule has 2 atom stereocenters. The van der Waals surface area contributed by atoms with Gasteiger partial charge in [-0.25, -0.2) is 4.39 Å². The van der Waals surface area contributed by atoms with Gasteiger partial charge in [-0.2, -0.15) is 0 Å². The molecule has 0 unspecified atom stereocenters. The van der Waals surface area contributed by atoms with Gasteiger partial charge in [-0.05, 0) is 54.9 Å². The molecule has 0 aromatic heterocycles. The first-order chi connectivity index (χ1) is 12.3. The first-order valence-corrected chi connectivity index (χ1v) is 9.42. The van der Waals surface area contributed by atoms with Crippen molar-refractivity contribution in [2.24, 2.45) is 5.92 Å². The van der Waals surface area contributed by atoms with Crippen LogP contribution in [0.1, 0.15) is 30.4 Å². The van der Waals surface area contributed by atoms with E-state index in [9.17, 15) is 4.39 Å². The standard InChI is InChI=1S/C22H26FNO/c23-20-10-8-18(9-11-20)15-24-13-12-22(25-16-19-6-7-19)21(24)14-17-4-2-1-3-5-17/h1-5,8-11,19,21-22H,6-7,12-16H2/t21-,22+/m0/s1. The van der Waals surface area contributed by atoms with Crippen molar-refractivity contribution in [1.29, 1.82) is 0 Å². The molecule has 0 radical (unpaired) electrons. The highest BCUT2D eigenvalue weighted by Gasteiger charge is 2.36. The molecule has 0 N–H and O–H groups in total. The van der Waals surface area contributed by atoms with Crippen LogP contribution in [0.4, 0.5) is 4.39 Å². The Bertz CT molecular complexity index is 668. The summed E-state index contributed by atoms with van der Waals surface area (Å²) < 4.78 is 19.5. The lowest BCUT2D eigenvalue weighted by molar-refractivity contribution is 0.0196. The van der Waals surface area contributed by atoms with Crippen LogP contribution in [-0.4, -0.2) is 30.2 Å². The van der Waals surface area contributed by atoms with Crippen molar-refractivity contribution in [3.05, 3.63) is 71.5 Å². The maximum atomic E-state index is 13.2. The quantitative estimate of drug-likeness (QED) is 0.739. The van der Waals surface area contributed by atoms with E-state index in [4.69, 9.17) is 4.74 Å². The SMILES string of the molecule is Fc1ccc(CN2CC[C@@H](OCC3CC3)[C@@H]2Cc2ccccc2)cc1. The summed E-state index contributed by atoms with van der Waals surface area (Å²) in [5, 5.41) is 0. The van der Waals surface area contributed by atoms with E-state index in [0.717, 1.165) is 38.5 Å². The van der Waals surface area contributed by atoms with Crippen LogP contribution < -0.4 is 0 Å². The topological polar surface area (TPSA) is 12.5 Å². The van der Waals surface area contributed by atoms with Crippen LogP contribution in [0.5, 0.6) is 0 Å². The Hall–Kier alpha value is -1.71. The van der Waals surface area contributed by atoms with Gasteiger partial charge in [-0.1, -0.05) is 42.5 Å².